The summed E-state index contributed by atoms with van der Waals surface area (Å²) in [6.45, 7) is 8.87. The molecule has 1 aliphatic rings. The van der Waals surface area contributed by atoms with E-state index in [9.17, 15) is 4.79 Å². The van der Waals surface area contributed by atoms with E-state index in [1.54, 1.807) is 17.1 Å². The molecule has 1 fully saturated rings. The summed E-state index contributed by atoms with van der Waals surface area (Å²) in [7, 11) is 0. The Morgan fingerprint density at radius 1 is 1.30 bits per heavy atom. The fourth-order valence-corrected chi connectivity index (χ4v) is 3.56. The number of hydrogen-bond acceptors (Lipinski definition) is 4. The van der Waals surface area contributed by atoms with Gasteiger partial charge in [-0.05, 0) is 17.5 Å². The van der Waals surface area contributed by atoms with E-state index in [-0.39, 0.29) is 5.91 Å². The van der Waals surface area contributed by atoms with Crippen LogP contribution in [0.15, 0.2) is 36.7 Å². The minimum Gasteiger partial charge on any atom is -0.379 e. The molecule has 0 aliphatic carbocycles. The van der Waals surface area contributed by atoms with Crippen molar-refractivity contribution in [2.75, 3.05) is 32.8 Å². The number of halogens is 1. The minimum absolute atomic E-state index is 0.0979. The fraction of sp³-hybridized carbons (Fsp3) is 0.500. The van der Waals surface area contributed by atoms with Gasteiger partial charge < -0.3 is 10.1 Å². The van der Waals surface area contributed by atoms with Gasteiger partial charge in [0, 0.05) is 36.9 Å². The highest BCUT2D eigenvalue weighted by Crippen LogP contribution is 2.16. The zero-order valence-corrected chi connectivity index (χ0v) is 16.7. The first-order chi connectivity index (χ1) is 13.0. The molecule has 1 saturated heterocycles. The molecule has 27 heavy (non-hydrogen) atoms. The van der Waals surface area contributed by atoms with Gasteiger partial charge in [0.25, 0.3) is 5.91 Å². The number of aromatic nitrogens is 2. The van der Waals surface area contributed by atoms with Crippen LogP contribution in [0.3, 0.4) is 0 Å². The predicted molar refractivity (Wildman–Crippen MR) is 106 cm³/mol. The molecule has 0 spiro atoms. The Bertz CT molecular complexity index is 756. The number of nitrogens with one attached hydrogen (secondary N) is 1. The molecule has 1 aliphatic heterocycles. The van der Waals surface area contributed by atoms with Crippen LogP contribution in [0.25, 0.3) is 0 Å². The summed E-state index contributed by atoms with van der Waals surface area (Å²) in [4.78, 5) is 15.0. The molecule has 6 nitrogen and oxygen atoms in total. The van der Waals surface area contributed by atoms with Crippen molar-refractivity contribution in [1.29, 1.82) is 0 Å². The summed E-state index contributed by atoms with van der Waals surface area (Å²) < 4.78 is 7.17. The second-order valence-corrected chi connectivity index (χ2v) is 7.59. The van der Waals surface area contributed by atoms with E-state index < -0.39 is 0 Å². The summed E-state index contributed by atoms with van der Waals surface area (Å²) >= 11 is 6.20. The highest BCUT2D eigenvalue weighted by atomic mass is 35.5. The number of ether oxygens (including phenoxy) is 1. The Hall–Kier alpha value is -1.89. The maximum Gasteiger partial charge on any atom is 0.254 e. The lowest BCUT2D eigenvalue weighted by Crippen LogP contribution is -2.51. The minimum atomic E-state index is -0.0979. The van der Waals surface area contributed by atoms with Crippen molar-refractivity contribution in [3.63, 3.8) is 0 Å². The van der Waals surface area contributed by atoms with Crippen LogP contribution in [0.1, 0.15) is 29.8 Å². The molecule has 1 unspecified atom stereocenters. The van der Waals surface area contributed by atoms with Crippen LogP contribution in [0.5, 0.6) is 0 Å². The van der Waals surface area contributed by atoms with Gasteiger partial charge in [0.2, 0.25) is 0 Å². The van der Waals surface area contributed by atoms with E-state index in [1.807, 2.05) is 24.3 Å². The summed E-state index contributed by atoms with van der Waals surface area (Å²) in [5.41, 5.74) is 1.54. The van der Waals surface area contributed by atoms with Crippen molar-refractivity contribution < 1.29 is 9.53 Å². The topological polar surface area (TPSA) is 59.4 Å². The van der Waals surface area contributed by atoms with Crippen LogP contribution in [-0.2, 0) is 11.3 Å². The van der Waals surface area contributed by atoms with Crippen LogP contribution in [0.4, 0.5) is 0 Å². The molecule has 1 N–H and O–H groups in total. The second kappa shape index (κ2) is 9.35. The van der Waals surface area contributed by atoms with Crippen LogP contribution >= 0.6 is 11.6 Å². The number of rotatable bonds is 7. The molecule has 2 aromatic rings. The zero-order valence-electron chi connectivity index (χ0n) is 15.9. The van der Waals surface area contributed by atoms with Crippen molar-refractivity contribution in [3.05, 3.63) is 52.8 Å². The fourth-order valence-electron chi connectivity index (χ4n) is 3.36. The predicted octanol–water partition coefficient (Wildman–Crippen LogP) is 2.67. The van der Waals surface area contributed by atoms with Crippen molar-refractivity contribution in [1.82, 2.24) is 20.0 Å². The summed E-state index contributed by atoms with van der Waals surface area (Å²) in [6, 6.07) is 7.95. The average molecular weight is 391 g/mol. The Morgan fingerprint density at radius 3 is 2.74 bits per heavy atom. The van der Waals surface area contributed by atoms with E-state index in [0.717, 1.165) is 31.9 Å². The van der Waals surface area contributed by atoms with Gasteiger partial charge in [0.15, 0.2) is 0 Å². The van der Waals surface area contributed by atoms with Crippen LogP contribution in [0.2, 0.25) is 5.02 Å². The van der Waals surface area contributed by atoms with Gasteiger partial charge in [-0.15, -0.1) is 0 Å². The van der Waals surface area contributed by atoms with Crippen molar-refractivity contribution >= 4 is 17.5 Å². The third-order valence-corrected chi connectivity index (χ3v) is 5.31. The molecule has 0 bridgehead atoms. The van der Waals surface area contributed by atoms with Gasteiger partial charge in [-0.3, -0.25) is 14.4 Å². The SMILES string of the molecule is CC(C)C(CNC(=O)c1cnn(Cc2ccccc2Cl)c1)N1CCOCC1. The van der Waals surface area contributed by atoms with Crippen molar-refractivity contribution in [2.24, 2.45) is 5.92 Å². The molecule has 146 valence electrons. The quantitative estimate of drug-likeness (QED) is 0.789. The van der Waals surface area contributed by atoms with E-state index in [1.165, 1.54) is 0 Å². The first-order valence-electron chi connectivity index (χ1n) is 9.40. The number of hydrogen-bond donors (Lipinski definition) is 1. The number of amides is 1. The van der Waals surface area contributed by atoms with Gasteiger partial charge in [0.05, 0.1) is 31.5 Å². The standard InChI is InChI=1S/C20H27ClN4O2/c1-15(2)19(24-7-9-27-10-8-24)12-22-20(26)17-11-23-25(14-17)13-16-5-3-4-6-18(16)21/h3-6,11,14-15,19H,7-10,12-13H2,1-2H3,(H,22,26). The maximum absolute atomic E-state index is 12.6. The van der Waals surface area contributed by atoms with Crippen molar-refractivity contribution in [2.45, 2.75) is 26.4 Å². The Labute approximate surface area is 165 Å². The first-order valence-corrected chi connectivity index (χ1v) is 9.78. The molecule has 7 heteroatoms. The number of benzene rings is 1. The summed E-state index contributed by atoms with van der Waals surface area (Å²) in [6.07, 6.45) is 3.36. The highest BCUT2D eigenvalue weighted by molar-refractivity contribution is 6.31. The monoisotopic (exact) mass is 390 g/mol. The number of carbonyl (C=O) groups is 1. The average Bonchev–Trinajstić information content (AvgIpc) is 3.13. The lowest BCUT2D eigenvalue weighted by atomic mass is 10.0. The Balaban J connectivity index is 1.57. The molecule has 2 heterocycles. The van der Waals surface area contributed by atoms with Crippen LogP contribution in [0, 0.1) is 5.92 Å². The summed E-state index contributed by atoms with van der Waals surface area (Å²) in [5.74, 6) is 0.352. The van der Waals surface area contributed by atoms with Gasteiger partial charge in [-0.2, -0.15) is 5.10 Å². The van der Waals surface area contributed by atoms with Gasteiger partial charge in [-0.1, -0.05) is 43.6 Å². The smallest absolute Gasteiger partial charge is 0.254 e. The molecule has 1 aromatic carbocycles. The lowest BCUT2D eigenvalue weighted by molar-refractivity contribution is 0.00673. The Morgan fingerprint density at radius 2 is 2.04 bits per heavy atom. The third kappa shape index (κ3) is 5.31. The number of carbonyl (C=O) groups excluding carboxylic acids is 1. The lowest BCUT2D eigenvalue weighted by Gasteiger charge is -2.36. The Kier molecular flexibility index (Phi) is 6.88. The maximum atomic E-state index is 12.6. The van der Waals surface area contributed by atoms with Crippen LogP contribution in [-0.4, -0.2) is 59.5 Å². The molecule has 1 atom stereocenters. The molecule has 0 radical (unpaired) electrons. The normalized spacial score (nSPS) is 16.4. The van der Waals surface area contributed by atoms with E-state index in [0.29, 0.717) is 35.6 Å². The van der Waals surface area contributed by atoms with E-state index in [4.69, 9.17) is 16.3 Å². The highest BCUT2D eigenvalue weighted by Gasteiger charge is 2.24. The molecule has 0 saturated carbocycles. The van der Waals surface area contributed by atoms with Crippen LogP contribution < -0.4 is 5.32 Å². The zero-order chi connectivity index (χ0) is 19.2. The van der Waals surface area contributed by atoms with E-state index in [2.05, 4.69) is 29.2 Å². The molecule has 3 rings (SSSR count). The first kappa shape index (κ1) is 19.9. The third-order valence-electron chi connectivity index (χ3n) is 4.94. The van der Waals surface area contributed by atoms with E-state index >= 15 is 0 Å². The summed E-state index contributed by atoms with van der Waals surface area (Å²) in [5, 5.41) is 8.06. The van der Waals surface area contributed by atoms with Crippen molar-refractivity contribution in [3.8, 4) is 0 Å². The molecule has 1 amide bonds. The van der Waals surface area contributed by atoms with Gasteiger partial charge >= 0.3 is 0 Å². The largest absolute Gasteiger partial charge is 0.379 e. The molecular formula is C20H27ClN4O2. The number of morpholine rings is 1. The van der Waals surface area contributed by atoms with Gasteiger partial charge in [0.1, 0.15) is 0 Å². The second-order valence-electron chi connectivity index (χ2n) is 7.19. The number of nitrogens with zero attached hydrogens (tertiary/aromatic N) is 3. The molecule has 1 aromatic heterocycles. The molecular weight excluding hydrogens is 364 g/mol. The van der Waals surface area contributed by atoms with Gasteiger partial charge in [-0.25, -0.2) is 0 Å².